The lowest BCUT2D eigenvalue weighted by molar-refractivity contribution is -0.00441. The van der Waals surface area contributed by atoms with Gasteiger partial charge >= 0.3 is 0 Å². The maximum absolute atomic E-state index is 6.15. The number of ether oxygens (including phenoxy) is 2. The van der Waals surface area contributed by atoms with Gasteiger partial charge in [0.25, 0.3) is 0 Å². The minimum atomic E-state index is 0.440. The fourth-order valence-electron chi connectivity index (χ4n) is 4.79. The molecule has 1 aliphatic carbocycles. The van der Waals surface area contributed by atoms with E-state index in [1.165, 1.54) is 19.3 Å². The van der Waals surface area contributed by atoms with E-state index in [2.05, 4.69) is 28.2 Å². The van der Waals surface area contributed by atoms with Crippen LogP contribution in [0.5, 0.6) is 0 Å². The third kappa shape index (κ3) is 3.57. The fourth-order valence-corrected chi connectivity index (χ4v) is 4.79. The highest BCUT2D eigenvalue weighted by Gasteiger charge is 2.45. The Balaban J connectivity index is 1.45. The van der Waals surface area contributed by atoms with E-state index in [0.29, 0.717) is 36.1 Å². The zero-order valence-electron chi connectivity index (χ0n) is 14.3. The van der Waals surface area contributed by atoms with Gasteiger partial charge in [-0.2, -0.15) is 0 Å². The molecule has 3 aliphatic heterocycles. The van der Waals surface area contributed by atoms with E-state index < -0.39 is 0 Å². The first-order valence-corrected chi connectivity index (χ1v) is 9.52. The molecule has 3 saturated heterocycles. The van der Waals surface area contributed by atoms with Crippen LogP contribution in [0.1, 0.15) is 39.0 Å². The van der Waals surface area contributed by atoms with Gasteiger partial charge in [-0.15, -0.1) is 0 Å². The Kier molecular flexibility index (Phi) is 5.18. The first kappa shape index (κ1) is 16.2. The molecule has 3 heterocycles. The number of nitrogens with zero attached hydrogens (tertiary/aromatic N) is 1. The van der Waals surface area contributed by atoms with Crippen LogP contribution in [0, 0.1) is 11.8 Å². The SMILES string of the molecule is C[C@@H]1CCOCCCOC2CCC3NNC(C4CNN1C4)C3C2. The van der Waals surface area contributed by atoms with Crippen LogP contribution < -0.4 is 16.3 Å². The van der Waals surface area contributed by atoms with Gasteiger partial charge in [0.1, 0.15) is 0 Å². The average molecular weight is 324 g/mol. The monoisotopic (exact) mass is 324 g/mol. The topological polar surface area (TPSA) is 57.8 Å². The molecule has 3 N–H and O–H groups in total. The summed E-state index contributed by atoms with van der Waals surface area (Å²) < 4.78 is 11.9. The van der Waals surface area contributed by atoms with Crippen molar-refractivity contribution in [2.24, 2.45) is 11.8 Å². The van der Waals surface area contributed by atoms with Crippen molar-refractivity contribution >= 4 is 0 Å². The zero-order chi connectivity index (χ0) is 15.6. The van der Waals surface area contributed by atoms with Crippen molar-refractivity contribution in [1.29, 1.82) is 0 Å². The van der Waals surface area contributed by atoms with Crippen molar-refractivity contribution in [3.05, 3.63) is 0 Å². The molecule has 6 nitrogen and oxygen atoms in total. The summed E-state index contributed by atoms with van der Waals surface area (Å²) in [4.78, 5) is 0. The van der Waals surface area contributed by atoms with Crippen LogP contribution in [0.3, 0.4) is 0 Å². The summed E-state index contributed by atoms with van der Waals surface area (Å²) in [6.07, 6.45) is 6.16. The van der Waals surface area contributed by atoms with Crippen molar-refractivity contribution in [1.82, 2.24) is 21.3 Å². The molecule has 0 aromatic carbocycles. The van der Waals surface area contributed by atoms with E-state index >= 15 is 0 Å². The van der Waals surface area contributed by atoms with Gasteiger partial charge in [-0.25, -0.2) is 5.01 Å². The summed E-state index contributed by atoms with van der Waals surface area (Å²) in [5.74, 6) is 1.38. The van der Waals surface area contributed by atoms with Crippen molar-refractivity contribution in [2.75, 3.05) is 32.9 Å². The molecule has 0 spiro atoms. The maximum Gasteiger partial charge on any atom is 0.0579 e. The Morgan fingerprint density at radius 3 is 2.96 bits per heavy atom. The van der Waals surface area contributed by atoms with E-state index in [-0.39, 0.29) is 0 Å². The van der Waals surface area contributed by atoms with Gasteiger partial charge in [0.15, 0.2) is 0 Å². The molecule has 4 rings (SSSR count). The second-order valence-corrected chi connectivity index (χ2v) is 7.77. The molecule has 0 radical (unpaired) electrons. The zero-order valence-corrected chi connectivity index (χ0v) is 14.3. The van der Waals surface area contributed by atoms with E-state index in [4.69, 9.17) is 9.47 Å². The van der Waals surface area contributed by atoms with Gasteiger partial charge in [0.2, 0.25) is 0 Å². The lowest BCUT2D eigenvalue weighted by atomic mass is 9.76. The summed E-state index contributed by atoms with van der Waals surface area (Å²) in [6.45, 7) is 7.04. The summed E-state index contributed by atoms with van der Waals surface area (Å²) in [5.41, 5.74) is 10.8. The van der Waals surface area contributed by atoms with Crippen LogP contribution in [0.4, 0.5) is 0 Å². The lowest BCUT2D eigenvalue weighted by Crippen LogP contribution is -2.42. The van der Waals surface area contributed by atoms with E-state index in [1.54, 1.807) is 0 Å². The summed E-state index contributed by atoms with van der Waals surface area (Å²) in [7, 11) is 0. The van der Waals surface area contributed by atoms with E-state index in [1.807, 2.05) is 0 Å². The second kappa shape index (κ2) is 7.33. The molecule has 4 fully saturated rings. The Morgan fingerprint density at radius 1 is 1.04 bits per heavy atom. The number of rotatable bonds is 0. The number of nitrogens with one attached hydrogen (secondary N) is 3. The Morgan fingerprint density at radius 2 is 2.00 bits per heavy atom. The Bertz CT molecular complexity index is 397. The highest BCUT2D eigenvalue weighted by atomic mass is 16.5. The molecule has 6 heteroatoms. The molecule has 1 saturated carbocycles. The van der Waals surface area contributed by atoms with Crippen molar-refractivity contribution in [3.8, 4) is 0 Å². The molecular weight excluding hydrogens is 292 g/mol. The molecule has 0 aromatic rings. The van der Waals surface area contributed by atoms with Crippen LogP contribution in [0.25, 0.3) is 0 Å². The van der Waals surface area contributed by atoms with Crippen LogP contribution in [-0.2, 0) is 9.47 Å². The second-order valence-electron chi connectivity index (χ2n) is 7.77. The predicted octanol–water partition coefficient (Wildman–Crippen LogP) is 0.652. The minimum absolute atomic E-state index is 0.440. The molecule has 4 aliphatic rings. The molecule has 0 aromatic heterocycles. The van der Waals surface area contributed by atoms with Gasteiger partial charge < -0.3 is 9.47 Å². The van der Waals surface area contributed by atoms with Gasteiger partial charge in [-0.05, 0) is 44.9 Å². The smallest absolute Gasteiger partial charge is 0.0579 e. The van der Waals surface area contributed by atoms with Crippen LogP contribution >= 0.6 is 0 Å². The summed E-state index contributed by atoms with van der Waals surface area (Å²) in [5, 5.41) is 2.43. The van der Waals surface area contributed by atoms with E-state index in [9.17, 15) is 0 Å². The molecule has 6 unspecified atom stereocenters. The number of hydrazine groups is 2. The average Bonchev–Trinajstić information content (AvgIpc) is 3.19. The van der Waals surface area contributed by atoms with Gasteiger partial charge in [-0.3, -0.25) is 16.3 Å². The third-order valence-corrected chi connectivity index (χ3v) is 6.24. The molecule has 23 heavy (non-hydrogen) atoms. The Hall–Kier alpha value is -0.240. The quantitative estimate of drug-likeness (QED) is 0.608. The third-order valence-electron chi connectivity index (χ3n) is 6.24. The number of hydrogen-bond donors (Lipinski definition) is 3. The fraction of sp³-hybridized carbons (Fsp3) is 1.00. The van der Waals surface area contributed by atoms with Gasteiger partial charge in [-0.1, -0.05) is 0 Å². The van der Waals surface area contributed by atoms with Crippen LogP contribution in [0.15, 0.2) is 0 Å². The number of fused-ring (bicyclic) bond motifs is 4. The summed E-state index contributed by atoms with van der Waals surface area (Å²) in [6, 6.07) is 1.73. The lowest BCUT2D eigenvalue weighted by Gasteiger charge is -2.34. The normalized spacial score (nSPS) is 48.7. The molecule has 0 amide bonds. The first-order chi connectivity index (χ1) is 11.3. The van der Waals surface area contributed by atoms with Crippen molar-refractivity contribution in [2.45, 2.75) is 63.3 Å². The molecule has 4 bridgehead atoms. The predicted molar refractivity (Wildman–Crippen MR) is 88.6 cm³/mol. The highest BCUT2D eigenvalue weighted by Crippen LogP contribution is 2.35. The first-order valence-electron chi connectivity index (χ1n) is 9.52. The van der Waals surface area contributed by atoms with E-state index in [0.717, 1.165) is 45.8 Å². The molecule has 132 valence electrons. The maximum atomic E-state index is 6.15. The number of hydrogen-bond acceptors (Lipinski definition) is 6. The minimum Gasteiger partial charge on any atom is -0.381 e. The standard InChI is InChI=1S/C17H32N4O2/c1-12-5-8-22-6-2-7-23-14-3-4-16-15(9-14)17(20-19-16)13-10-18-21(12)11-13/h12-20H,2-11H2,1H3/t12-,13?,14?,15?,16?,17?/m1/s1. The highest BCUT2D eigenvalue weighted by molar-refractivity contribution is 5.00. The molecule has 7 atom stereocenters. The molecular formula is C17H32N4O2. The summed E-state index contributed by atoms with van der Waals surface area (Å²) >= 11 is 0. The van der Waals surface area contributed by atoms with Crippen LogP contribution in [-0.4, -0.2) is 62.1 Å². The largest absolute Gasteiger partial charge is 0.381 e. The van der Waals surface area contributed by atoms with Crippen molar-refractivity contribution in [3.63, 3.8) is 0 Å². The van der Waals surface area contributed by atoms with Crippen molar-refractivity contribution < 1.29 is 9.47 Å². The van der Waals surface area contributed by atoms with Crippen LogP contribution in [0.2, 0.25) is 0 Å². The Labute approximate surface area is 139 Å². The van der Waals surface area contributed by atoms with Gasteiger partial charge in [0.05, 0.1) is 6.10 Å². The van der Waals surface area contributed by atoms with Gasteiger partial charge in [0, 0.05) is 57.0 Å².